The van der Waals surface area contributed by atoms with Crippen LogP contribution in [0, 0.1) is 0 Å². The van der Waals surface area contributed by atoms with E-state index in [0.717, 1.165) is 21.3 Å². The van der Waals surface area contributed by atoms with Gasteiger partial charge in [0.2, 0.25) is 0 Å². The zero-order valence-electron chi connectivity index (χ0n) is 11.1. The molecule has 2 rings (SSSR count). The molecule has 0 aliphatic carbocycles. The normalized spacial score (nSPS) is 12.2. The van der Waals surface area contributed by atoms with Gasteiger partial charge in [0, 0.05) is 4.47 Å². The van der Waals surface area contributed by atoms with Gasteiger partial charge in [-0.05, 0) is 36.2 Å². The molecular weight excluding hydrogens is 304 g/mol. The second kappa shape index (κ2) is 6.73. The molecule has 2 aromatic rings. The highest BCUT2D eigenvalue weighted by Crippen LogP contribution is 2.26. The molecule has 2 nitrogen and oxygen atoms in total. The predicted molar refractivity (Wildman–Crippen MR) is 80.3 cm³/mol. The zero-order valence-corrected chi connectivity index (χ0v) is 12.7. The monoisotopic (exact) mass is 320 g/mol. The third-order valence-electron chi connectivity index (χ3n) is 3.00. The van der Waals surface area contributed by atoms with Crippen LogP contribution in [0.25, 0.3) is 0 Å². The molecule has 0 aromatic heterocycles. The van der Waals surface area contributed by atoms with Gasteiger partial charge >= 0.3 is 0 Å². The Morgan fingerprint density at radius 3 is 2.37 bits per heavy atom. The number of ether oxygens (including phenoxy) is 2. The van der Waals surface area contributed by atoms with Crippen molar-refractivity contribution in [3.05, 3.63) is 64.1 Å². The van der Waals surface area contributed by atoms with Crippen molar-refractivity contribution in [3.63, 3.8) is 0 Å². The van der Waals surface area contributed by atoms with Crippen LogP contribution in [0.2, 0.25) is 0 Å². The van der Waals surface area contributed by atoms with E-state index in [1.54, 1.807) is 7.11 Å². The summed E-state index contributed by atoms with van der Waals surface area (Å²) in [6.07, 6.45) is 0.0534. The summed E-state index contributed by atoms with van der Waals surface area (Å²) >= 11 is 3.55. The van der Waals surface area contributed by atoms with E-state index in [1.807, 2.05) is 42.5 Å². The summed E-state index contributed by atoms with van der Waals surface area (Å²) in [5.74, 6) is 0.864. The van der Waals surface area contributed by atoms with Crippen LogP contribution in [0.4, 0.5) is 0 Å². The summed E-state index contributed by atoms with van der Waals surface area (Å²) < 4.78 is 12.1. The van der Waals surface area contributed by atoms with Gasteiger partial charge in [0.25, 0.3) is 0 Å². The van der Waals surface area contributed by atoms with E-state index in [1.165, 1.54) is 0 Å². The summed E-state index contributed by atoms with van der Waals surface area (Å²) in [4.78, 5) is 0. The van der Waals surface area contributed by atoms with Crippen molar-refractivity contribution >= 4 is 15.9 Å². The van der Waals surface area contributed by atoms with Gasteiger partial charge in [-0.25, -0.2) is 0 Å². The van der Waals surface area contributed by atoms with E-state index in [4.69, 9.17) is 9.47 Å². The van der Waals surface area contributed by atoms with E-state index in [0.29, 0.717) is 6.61 Å². The van der Waals surface area contributed by atoms with Crippen molar-refractivity contribution in [3.8, 4) is 5.75 Å². The highest BCUT2D eigenvalue weighted by Gasteiger charge is 2.09. The van der Waals surface area contributed by atoms with Crippen molar-refractivity contribution < 1.29 is 9.47 Å². The Morgan fingerprint density at radius 2 is 1.74 bits per heavy atom. The zero-order chi connectivity index (χ0) is 13.7. The lowest BCUT2D eigenvalue weighted by Gasteiger charge is -2.15. The average Bonchev–Trinajstić information content (AvgIpc) is 2.46. The van der Waals surface area contributed by atoms with Crippen LogP contribution < -0.4 is 4.74 Å². The number of rotatable bonds is 5. The molecule has 0 amide bonds. The summed E-state index contributed by atoms with van der Waals surface area (Å²) in [6, 6.07) is 16.1. The first-order valence-corrected chi connectivity index (χ1v) is 6.99. The van der Waals surface area contributed by atoms with Gasteiger partial charge in [0.15, 0.2) is 0 Å². The maximum absolute atomic E-state index is 5.90. The van der Waals surface area contributed by atoms with Gasteiger partial charge in [-0.1, -0.05) is 46.3 Å². The fourth-order valence-electron chi connectivity index (χ4n) is 1.84. The van der Waals surface area contributed by atoms with Crippen LogP contribution in [0.1, 0.15) is 24.2 Å². The lowest BCUT2D eigenvalue weighted by molar-refractivity contribution is 0.0521. The Kier molecular flexibility index (Phi) is 5.00. The Hall–Kier alpha value is -1.32. The predicted octanol–water partition coefficient (Wildman–Crippen LogP) is 4.74. The molecule has 0 aliphatic rings. The Balaban J connectivity index is 1.96. The highest BCUT2D eigenvalue weighted by atomic mass is 79.9. The Morgan fingerprint density at radius 1 is 1.05 bits per heavy atom. The van der Waals surface area contributed by atoms with Crippen LogP contribution in [-0.4, -0.2) is 7.11 Å². The summed E-state index contributed by atoms with van der Waals surface area (Å²) in [5.41, 5.74) is 2.30. The smallest absolute Gasteiger partial charge is 0.118 e. The highest BCUT2D eigenvalue weighted by molar-refractivity contribution is 9.10. The molecule has 0 aliphatic heterocycles. The minimum absolute atomic E-state index is 0.0534. The number of halogens is 1. The molecule has 19 heavy (non-hydrogen) atoms. The SMILES string of the molecule is COc1ccc(CO[C@@H](C)c2ccccc2Br)cc1. The minimum atomic E-state index is 0.0534. The molecule has 0 bridgehead atoms. The van der Waals surface area contributed by atoms with Crippen LogP contribution in [0.5, 0.6) is 5.75 Å². The Bertz CT molecular complexity index is 523. The number of methoxy groups -OCH3 is 1. The maximum Gasteiger partial charge on any atom is 0.118 e. The van der Waals surface area contributed by atoms with E-state index in [2.05, 4.69) is 28.9 Å². The molecule has 0 fully saturated rings. The van der Waals surface area contributed by atoms with Crippen LogP contribution in [0.3, 0.4) is 0 Å². The van der Waals surface area contributed by atoms with Crippen LogP contribution in [-0.2, 0) is 11.3 Å². The fraction of sp³-hybridized carbons (Fsp3) is 0.250. The van der Waals surface area contributed by atoms with Gasteiger partial charge in [-0.2, -0.15) is 0 Å². The van der Waals surface area contributed by atoms with E-state index >= 15 is 0 Å². The third-order valence-corrected chi connectivity index (χ3v) is 3.72. The molecule has 0 saturated carbocycles. The fourth-order valence-corrected chi connectivity index (χ4v) is 2.44. The average molecular weight is 321 g/mol. The van der Waals surface area contributed by atoms with Gasteiger partial charge in [-0.3, -0.25) is 0 Å². The van der Waals surface area contributed by atoms with Gasteiger partial charge in [-0.15, -0.1) is 0 Å². The second-order valence-electron chi connectivity index (χ2n) is 4.32. The molecule has 0 heterocycles. The Labute approximate surface area is 122 Å². The van der Waals surface area contributed by atoms with Crippen molar-refractivity contribution in [2.75, 3.05) is 7.11 Å². The van der Waals surface area contributed by atoms with Gasteiger partial charge in [0.05, 0.1) is 19.8 Å². The summed E-state index contributed by atoms with van der Waals surface area (Å²) in [6.45, 7) is 2.65. The van der Waals surface area contributed by atoms with Crippen molar-refractivity contribution in [1.82, 2.24) is 0 Å². The van der Waals surface area contributed by atoms with Crippen molar-refractivity contribution in [2.45, 2.75) is 19.6 Å². The molecule has 2 aromatic carbocycles. The quantitative estimate of drug-likeness (QED) is 0.792. The molecule has 0 spiro atoms. The van der Waals surface area contributed by atoms with E-state index < -0.39 is 0 Å². The van der Waals surface area contributed by atoms with E-state index in [-0.39, 0.29) is 6.10 Å². The lowest BCUT2D eigenvalue weighted by atomic mass is 10.1. The van der Waals surface area contributed by atoms with Gasteiger partial charge < -0.3 is 9.47 Å². The lowest BCUT2D eigenvalue weighted by Crippen LogP contribution is -2.01. The maximum atomic E-state index is 5.90. The first kappa shape index (κ1) is 14.1. The first-order valence-electron chi connectivity index (χ1n) is 6.19. The topological polar surface area (TPSA) is 18.5 Å². The summed E-state index contributed by atoms with van der Waals surface area (Å²) in [5, 5.41) is 0. The first-order chi connectivity index (χ1) is 9.20. The minimum Gasteiger partial charge on any atom is -0.497 e. The van der Waals surface area contributed by atoms with Crippen LogP contribution in [0.15, 0.2) is 53.0 Å². The molecule has 3 heteroatoms. The van der Waals surface area contributed by atoms with Crippen molar-refractivity contribution in [2.24, 2.45) is 0 Å². The molecule has 0 saturated heterocycles. The molecule has 0 unspecified atom stereocenters. The van der Waals surface area contributed by atoms with Crippen LogP contribution >= 0.6 is 15.9 Å². The standard InChI is InChI=1S/C16H17BrO2/c1-12(15-5-3-4-6-16(15)17)19-11-13-7-9-14(18-2)10-8-13/h3-10,12H,11H2,1-2H3/t12-/m0/s1. The number of hydrogen-bond donors (Lipinski definition) is 0. The second-order valence-corrected chi connectivity index (χ2v) is 5.18. The number of hydrogen-bond acceptors (Lipinski definition) is 2. The molecule has 1 atom stereocenters. The van der Waals surface area contributed by atoms with Gasteiger partial charge in [0.1, 0.15) is 5.75 Å². The van der Waals surface area contributed by atoms with E-state index in [9.17, 15) is 0 Å². The molecule has 0 radical (unpaired) electrons. The third kappa shape index (κ3) is 3.82. The molecular formula is C16H17BrO2. The molecule has 0 N–H and O–H groups in total. The van der Waals surface area contributed by atoms with Crippen molar-refractivity contribution in [1.29, 1.82) is 0 Å². The summed E-state index contributed by atoms with van der Waals surface area (Å²) in [7, 11) is 1.67. The number of benzene rings is 2. The largest absolute Gasteiger partial charge is 0.497 e. The molecule has 100 valence electrons.